The Labute approximate surface area is 128 Å². The monoisotopic (exact) mass is 313 g/mol. The second-order valence-corrected chi connectivity index (χ2v) is 6.53. The molecule has 1 N–H and O–H groups in total. The van der Waals surface area contributed by atoms with Crippen LogP contribution in [-0.4, -0.2) is 18.1 Å². The molecule has 0 atom stereocenters. The summed E-state index contributed by atoms with van der Waals surface area (Å²) in [6, 6.07) is 3.49. The van der Waals surface area contributed by atoms with E-state index in [1.807, 2.05) is 26.8 Å². The number of anilines is 1. The third-order valence-corrected chi connectivity index (χ3v) is 3.30. The van der Waals surface area contributed by atoms with Crippen LogP contribution in [0.1, 0.15) is 32.8 Å². The molecule has 1 aromatic rings. The molecule has 0 spiro atoms. The molecule has 20 heavy (non-hydrogen) atoms. The zero-order valence-electron chi connectivity index (χ0n) is 11.7. The van der Waals surface area contributed by atoms with Gasteiger partial charge in [0.1, 0.15) is 5.60 Å². The average molecular weight is 314 g/mol. The van der Waals surface area contributed by atoms with Crippen molar-refractivity contribution in [3.8, 4) is 0 Å². The molecule has 0 amide bonds. The van der Waals surface area contributed by atoms with Crippen LogP contribution >= 0.6 is 23.2 Å². The van der Waals surface area contributed by atoms with Gasteiger partial charge in [-0.3, -0.25) is 0 Å². The molecule has 0 saturated heterocycles. The molecule has 108 valence electrons. The Hall–Kier alpha value is -1.19. The van der Waals surface area contributed by atoms with Gasteiger partial charge in [-0.05, 0) is 44.9 Å². The lowest BCUT2D eigenvalue weighted by molar-refractivity contribution is -0.148. The Morgan fingerprint density at radius 1 is 1.35 bits per heavy atom. The van der Waals surface area contributed by atoms with Crippen LogP contribution < -0.4 is 5.32 Å². The van der Waals surface area contributed by atoms with E-state index in [4.69, 9.17) is 27.9 Å². The van der Waals surface area contributed by atoms with E-state index in [0.717, 1.165) is 23.4 Å². The van der Waals surface area contributed by atoms with Crippen molar-refractivity contribution in [3.05, 3.63) is 33.8 Å². The van der Waals surface area contributed by atoms with Crippen LogP contribution in [-0.2, 0) is 9.53 Å². The zero-order valence-corrected chi connectivity index (χ0v) is 13.2. The smallest absolute Gasteiger partial charge is 0.331 e. The molecule has 0 aromatic heterocycles. The summed E-state index contributed by atoms with van der Waals surface area (Å²) in [7, 11) is 0. The normalized spacial score (nSPS) is 16.6. The van der Waals surface area contributed by atoms with Crippen molar-refractivity contribution in [2.75, 3.05) is 11.9 Å². The van der Waals surface area contributed by atoms with E-state index in [2.05, 4.69) is 5.32 Å². The SMILES string of the molecule is CC(C)(C)OC(=O)/C=C1\CCNc2cc(Cl)cc(Cl)c21. The van der Waals surface area contributed by atoms with Gasteiger partial charge in [0.25, 0.3) is 0 Å². The Morgan fingerprint density at radius 3 is 2.70 bits per heavy atom. The van der Waals surface area contributed by atoms with Gasteiger partial charge in [-0.15, -0.1) is 0 Å². The molecule has 0 fully saturated rings. The fourth-order valence-corrected chi connectivity index (χ4v) is 2.73. The minimum atomic E-state index is -0.506. The Bertz CT molecular complexity index is 574. The van der Waals surface area contributed by atoms with E-state index < -0.39 is 5.60 Å². The van der Waals surface area contributed by atoms with Crippen molar-refractivity contribution in [1.29, 1.82) is 0 Å². The van der Waals surface area contributed by atoms with Gasteiger partial charge < -0.3 is 10.1 Å². The predicted octanol–water partition coefficient (Wildman–Crippen LogP) is 4.53. The number of carbonyl (C=O) groups excluding carboxylic acids is 1. The summed E-state index contributed by atoms with van der Waals surface area (Å²) in [6.45, 7) is 6.25. The number of carbonyl (C=O) groups is 1. The number of fused-ring (bicyclic) bond motifs is 1. The lowest BCUT2D eigenvalue weighted by atomic mass is 9.96. The molecule has 0 aliphatic carbocycles. The summed E-state index contributed by atoms with van der Waals surface area (Å²) in [4.78, 5) is 11.9. The minimum absolute atomic E-state index is 0.355. The number of ether oxygens (including phenoxy) is 1. The molecule has 0 radical (unpaired) electrons. The van der Waals surface area contributed by atoms with Crippen molar-refractivity contribution in [3.63, 3.8) is 0 Å². The van der Waals surface area contributed by atoms with Gasteiger partial charge in [-0.2, -0.15) is 0 Å². The Kier molecular flexibility index (Phi) is 4.31. The van der Waals surface area contributed by atoms with Gasteiger partial charge in [0, 0.05) is 28.9 Å². The van der Waals surface area contributed by atoms with Gasteiger partial charge in [0.05, 0.1) is 5.02 Å². The van der Waals surface area contributed by atoms with Crippen molar-refractivity contribution in [2.45, 2.75) is 32.8 Å². The fourth-order valence-electron chi connectivity index (χ4n) is 2.11. The molecule has 1 aromatic carbocycles. The summed E-state index contributed by atoms with van der Waals surface area (Å²) < 4.78 is 5.31. The van der Waals surface area contributed by atoms with E-state index in [1.165, 1.54) is 6.08 Å². The molecule has 1 aliphatic heterocycles. The minimum Gasteiger partial charge on any atom is -0.457 e. The number of halogens is 2. The number of hydrogen-bond donors (Lipinski definition) is 1. The van der Waals surface area contributed by atoms with Crippen LogP contribution in [0, 0.1) is 0 Å². The quantitative estimate of drug-likeness (QED) is 0.611. The molecule has 1 aliphatic rings. The highest BCUT2D eigenvalue weighted by Crippen LogP contribution is 2.38. The van der Waals surface area contributed by atoms with Crippen LogP contribution in [0.15, 0.2) is 18.2 Å². The first kappa shape index (κ1) is 15.2. The van der Waals surface area contributed by atoms with Gasteiger partial charge in [-0.1, -0.05) is 23.2 Å². The molecular weight excluding hydrogens is 297 g/mol. The van der Waals surface area contributed by atoms with Gasteiger partial charge in [0.15, 0.2) is 0 Å². The first-order chi connectivity index (χ1) is 9.26. The summed E-state index contributed by atoms with van der Waals surface area (Å²) in [5, 5.41) is 4.34. The maximum Gasteiger partial charge on any atom is 0.331 e. The molecule has 5 heteroatoms. The summed E-state index contributed by atoms with van der Waals surface area (Å²) in [6.07, 6.45) is 2.23. The molecule has 0 unspecified atom stereocenters. The number of esters is 1. The van der Waals surface area contributed by atoms with E-state index in [-0.39, 0.29) is 5.97 Å². The maximum atomic E-state index is 11.9. The van der Waals surface area contributed by atoms with Gasteiger partial charge in [0.2, 0.25) is 0 Å². The average Bonchev–Trinajstić information content (AvgIpc) is 2.25. The molecule has 0 saturated carbocycles. The summed E-state index contributed by atoms with van der Waals surface area (Å²) in [5.74, 6) is -0.355. The van der Waals surface area contributed by atoms with Crippen LogP contribution in [0.4, 0.5) is 5.69 Å². The highest BCUT2D eigenvalue weighted by molar-refractivity contribution is 6.36. The maximum absolute atomic E-state index is 11.9. The van der Waals surface area contributed by atoms with E-state index >= 15 is 0 Å². The van der Waals surface area contributed by atoms with Gasteiger partial charge >= 0.3 is 5.97 Å². The topological polar surface area (TPSA) is 38.3 Å². The second kappa shape index (κ2) is 5.66. The molecular formula is C15H17Cl2NO2. The molecule has 2 rings (SSSR count). The third-order valence-electron chi connectivity index (χ3n) is 2.78. The fraction of sp³-hybridized carbons (Fsp3) is 0.400. The van der Waals surface area contributed by atoms with Crippen LogP contribution in [0.3, 0.4) is 0 Å². The third kappa shape index (κ3) is 3.68. The predicted molar refractivity (Wildman–Crippen MR) is 83.4 cm³/mol. The summed E-state index contributed by atoms with van der Waals surface area (Å²) in [5.41, 5.74) is 2.04. The number of hydrogen-bond acceptors (Lipinski definition) is 3. The molecule has 1 heterocycles. The van der Waals surface area contributed by atoms with Crippen LogP contribution in [0.25, 0.3) is 5.57 Å². The highest BCUT2D eigenvalue weighted by Gasteiger charge is 2.21. The molecule has 0 bridgehead atoms. The standard InChI is InChI=1S/C15H17Cl2NO2/c1-15(2,3)20-13(19)6-9-4-5-18-12-8-10(16)7-11(17)14(9)12/h6-8,18H,4-5H2,1-3H3/b9-6+. The lowest BCUT2D eigenvalue weighted by Gasteiger charge is -2.23. The summed E-state index contributed by atoms with van der Waals surface area (Å²) >= 11 is 12.2. The zero-order chi connectivity index (χ0) is 14.9. The lowest BCUT2D eigenvalue weighted by Crippen LogP contribution is -2.23. The number of rotatable bonds is 1. The number of benzene rings is 1. The first-order valence-corrected chi connectivity index (χ1v) is 7.19. The largest absolute Gasteiger partial charge is 0.457 e. The first-order valence-electron chi connectivity index (χ1n) is 6.43. The van der Waals surface area contributed by atoms with E-state index in [0.29, 0.717) is 16.5 Å². The van der Waals surface area contributed by atoms with Crippen molar-refractivity contribution < 1.29 is 9.53 Å². The second-order valence-electron chi connectivity index (χ2n) is 5.69. The van der Waals surface area contributed by atoms with E-state index in [9.17, 15) is 4.79 Å². The Morgan fingerprint density at radius 2 is 2.05 bits per heavy atom. The molecule has 3 nitrogen and oxygen atoms in total. The highest BCUT2D eigenvalue weighted by atomic mass is 35.5. The van der Waals surface area contributed by atoms with Crippen molar-refractivity contribution in [2.24, 2.45) is 0 Å². The van der Waals surface area contributed by atoms with Crippen LogP contribution in [0.2, 0.25) is 10.0 Å². The van der Waals surface area contributed by atoms with E-state index in [1.54, 1.807) is 6.07 Å². The van der Waals surface area contributed by atoms with Gasteiger partial charge in [-0.25, -0.2) is 4.79 Å². The van der Waals surface area contributed by atoms with Crippen LogP contribution in [0.5, 0.6) is 0 Å². The van der Waals surface area contributed by atoms with Crippen molar-refractivity contribution >= 4 is 40.4 Å². The Balaban J connectivity index is 2.35. The van der Waals surface area contributed by atoms with Crippen molar-refractivity contribution in [1.82, 2.24) is 0 Å². The number of nitrogens with one attached hydrogen (secondary N) is 1.